The van der Waals surface area contributed by atoms with Gasteiger partial charge >= 0.3 is 0 Å². The maximum absolute atomic E-state index is 13.8. The van der Waals surface area contributed by atoms with Gasteiger partial charge in [-0.15, -0.1) is 0 Å². The van der Waals surface area contributed by atoms with Crippen LogP contribution in [0.5, 0.6) is 0 Å². The predicted molar refractivity (Wildman–Crippen MR) is 179 cm³/mol. The molecule has 1 saturated carbocycles. The third kappa shape index (κ3) is 10.3. The van der Waals surface area contributed by atoms with Gasteiger partial charge < -0.3 is 0 Å². The van der Waals surface area contributed by atoms with Crippen LogP contribution < -0.4 is 0 Å². The smallest absolute Gasteiger partial charge is 0.163 e. The van der Waals surface area contributed by atoms with Crippen molar-refractivity contribution < 1.29 is 14.4 Å². The molecule has 0 aromatic heterocycles. The summed E-state index contributed by atoms with van der Waals surface area (Å²) in [6, 6.07) is 2.38. The summed E-state index contributed by atoms with van der Waals surface area (Å²) in [5.74, 6) is 1.84. The highest BCUT2D eigenvalue weighted by atomic mass is 16.1. The first-order valence-electron chi connectivity index (χ1n) is 17.3. The number of allylic oxidation sites excluding steroid dienone is 1. The first kappa shape index (κ1) is 36.2. The SMILES string of the molecule is C=C(Cc1cc(C(C)C)c2c(c1C)C(=O)CC(CC(CCC)C(CC)C(=O)CC(C)=O)C2)CC1CCCCC1.CCC. The molecular weight excluding hydrogens is 516 g/mol. The molecule has 1 aromatic rings. The third-order valence-electron chi connectivity index (χ3n) is 9.59. The molecule has 0 saturated heterocycles. The van der Waals surface area contributed by atoms with Crippen molar-refractivity contribution in [1.82, 2.24) is 0 Å². The Bertz CT molecular complexity index is 1060. The Morgan fingerprint density at radius 3 is 2.19 bits per heavy atom. The van der Waals surface area contributed by atoms with Crippen molar-refractivity contribution in [2.75, 3.05) is 0 Å². The molecule has 0 heterocycles. The molecule has 0 N–H and O–H groups in total. The van der Waals surface area contributed by atoms with E-state index >= 15 is 0 Å². The lowest BCUT2D eigenvalue weighted by Gasteiger charge is -2.33. The summed E-state index contributed by atoms with van der Waals surface area (Å²) in [6.45, 7) is 21.1. The minimum absolute atomic E-state index is 0.0384. The van der Waals surface area contributed by atoms with Gasteiger partial charge in [-0.1, -0.05) is 111 Å². The van der Waals surface area contributed by atoms with E-state index < -0.39 is 0 Å². The molecule has 0 spiro atoms. The van der Waals surface area contributed by atoms with Gasteiger partial charge in [0.2, 0.25) is 0 Å². The largest absolute Gasteiger partial charge is 0.300 e. The number of fused-ring (bicyclic) bond motifs is 1. The van der Waals surface area contributed by atoms with Gasteiger partial charge in [0, 0.05) is 17.9 Å². The maximum atomic E-state index is 13.8. The zero-order valence-corrected chi connectivity index (χ0v) is 28.5. The predicted octanol–water partition coefficient (Wildman–Crippen LogP) is 10.7. The van der Waals surface area contributed by atoms with Crippen LogP contribution in [0.3, 0.4) is 0 Å². The quantitative estimate of drug-likeness (QED) is 0.163. The highest BCUT2D eigenvalue weighted by molar-refractivity contribution is 6.01. The first-order chi connectivity index (χ1) is 20.0. The van der Waals surface area contributed by atoms with Crippen LogP contribution in [0.1, 0.15) is 170 Å². The van der Waals surface area contributed by atoms with Gasteiger partial charge in [-0.05, 0) is 91.9 Å². The van der Waals surface area contributed by atoms with Crippen LogP contribution in [-0.4, -0.2) is 17.3 Å². The molecule has 3 nitrogen and oxygen atoms in total. The number of hydrogen-bond acceptors (Lipinski definition) is 3. The molecule has 0 bridgehead atoms. The molecule has 42 heavy (non-hydrogen) atoms. The Labute approximate surface area is 258 Å². The van der Waals surface area contributed by atoms with Crippen molar-refractivity contribution >= 4 is 17.3 Å². The third-order valence-corrected chi connectivity index (χ3v) is 9.59. The van der Waals surface area contributed by atoms with Gasteiger partial charge in [0.1, 0.15) is 11.6 Å². The lowest BCUT2D eigenvalue weighted by molar-refractivity contribution is -0.129. The van der Waals surface area contributed by atoms with Gasteiger partial charge in [-0.2, -0.15) is 0 Å². The monoisotopic (exact) mass is 578 g/mol. The average molecular weight is 579 g/mol. The Balaban J connectivity index is 0.00000197. The molecule has 2 aliphatic rings. The number of ketones is 3. The Morgan fingerprint density at radius 2 is 1.64 bits per heavy atom. The van der Waals surface area contributed by atoms with Gasteiger partial charge in [0.15, 0.2) is 5.78 Å². The molecule has 0 radical (unpaired) electrons. The highest BCUT2D eigenvalue weighted by Crippen LogP contribution is 2.40. The molecule has 1 fully saturated rings. The Morgan fingerprint density at radius 1 is 1.00 bits per heavy atom. The fourth-order valence-electron chi connectivity index (χ4n) is 7.73. The average Bonchev–Trinajstić information content (AvgIpc) is 2.91. The molecule has 236 valence electrons. The molecule has 3 heteroatoms. The summed E-state index contributed by atoms with van der Waals surface area (Å²) in [7, 11) is 0. The van der Waals surface area contributed by atoms with E-state index in [1.54, 1.807) is 0 Å². The van der Waals surface area contributed by atoms with Gasteiger partial charge in [0.25, 0.3) is 0 Å². The molecule has 3 rings (SSSR count). The number of carbonyl (C=O) groups excluding carboxylic acids is 3. The van der Waals surface area contributed by atoms with E-state index in [-0.39, 0.29) is 41.5 Å². The van der Waals surface area contributed by atoms with Crippen molar-refractivity contribution in [3.05, 3.63) is 46.0 Å². The minimum Gasteiger partial charge on any atom is -0.300 e. The van der Waals surface area contributed by atoms with E-state index in [4.69, 9.17) is 0 Å². The highest BCUT2D eigenvalue weighted by Gasteiger charge is 2.34. The molecule has 0 aliphatic heterocycles. The number of rotatable bonds is 14. The van der Waals surface area contributed by atoms with Crippen LogP contribution >= 0.6 is 0 Å². The zero-order chi connectivity index (χ0) is 31.4. The zero-order valence-electron chi connectivity index (χ0n) is 28.5. The van der Waals surface area contributed by atoms with E-state index in [0.29, 0.717) is 12.3 Å². The lowest BCUT2D eigenvalue weighted by atomic mass is 9.70. The maximum Gasteiger partial charge on any atom is 0.163 e. The van der Waals surface area contributed by atoms with Crippen molar-refractivity contribution in [2.45, 2.75) is 158 Å². The molecule has 0 amide bonds. The summed E-state index contributed by atoms with van der Waals surface area (Å²) in [4.78, 5) is 38.4. The number of Topliss-reactive ketones (excluding diaryl/α,β-unsaturated/α-hetero) is 3. The van der Waals surface area contributed by atoms with Gasteiger partial charge in [-0.25, -0.2) is 0 Å². The number of hydrogen-bond donors (Lipinski definition) is 0. The van der Waals surface area contributed by atoms with Crippen molar-refractivity contribution in [2.24, 2.45) is 23.7 Å². The molecule has 1 aromatic carbocycles. The Hall–Kier alpha value is -2.03. The standard InChI is InChI=1S/C36H54O3.C3H8/c1-8-13-29(31(9-2)34(38)18-25(6)37)19-28-20-33-32(23(3)4)22-30(26(7)36(33)35(39)21-28)17-24(5)16-27-14-11-10-12-15-27;1-3-2/h22-23,27-29,31H,5,8-21H2,1-4,6-7H3;3H2,1-2H3. The number of benzene rings is 1. The fraction of sp³-hybridized carbons (Fsp3) is 0.718. The summed E-state index contributed by atoms with van der Waals surface area (Å²) >= 11 is 0. The second-order valence-corrected chi connectivity index (χ2v) is 13.9. The molecular formula is C39H62O3. The van der Waals surface area contributed by atoms with E-state index in [1.165, 1.54) is 67.7 Å². The van der Waals surface area contributed by atoms with Gasteiger partial charge in [-0.3, -0.25) is 14.4 Å². The van der Waals surface area contributed by atoms with Crippen LogP contribution in [0.2, 0.25) is 0 Å². The van der Waals surface area contributed by atoms with E-state index in [9.17, 15) is 14.4 Å². The van der Waals surface area contributed by atoms with Crippen molar-refractivity contribution in [1.29, 1.82) is 0 Å². The summed E-state index contributed by atoms with van der Waals surface area (Å²) in [5.41, 5.74) is 7.31. The topological polar surface area (TPSA) is 51.2 Å². The molecule has 2 aliphatic carbocycles. The van der Waals surface area contributed by atoms with E-state index in [0.717, 1.165) is 62.0 Å². The number of carbonyl (C=O) groups is 3. The summed E-state index contributed by atoms with van der Waals surface area (Å²) in [5, 5.41) is 0. The van der Waals surface area contributed by atoms with E-state index in [1.807, 2.05) is 0 Å². The van der Waals surface area contributed by atoms with Crippen LogP contribution in [-0.2, 0) is 22.4 Å². The van der Waals surface area contributed by atoms with Crippen LogP contribution in [0, 0.1) is 30.6 Å². The molecule has 3 atom stereocenters. The van der Waals surface area contributed by atoms with E-state index in [2.05, 4.69) is 61.1 Å². The van der Waals surface area contributed by atoms with Crippen LogP contribution in [0.4, 0.5) is 0 Å². The fourth-order valence-corrected chi connectivity index (χ4v) is 7.73. The molecule has 3 unspecified atom stereocenters. The summed E-state index contributed by atoms with van der Waals surface area (Å²) in [6.07, 6.45) is 15.1. The van der Waals surface area contributed by atoms with Crippen LogP contribution in [0.15, 0.2) is 18.2 Å². The second-order valence-electron chi connectivity index (χ2n) is 13.9. The lowest BCUT2D eigenvalue weighted by Crippen LogP contribution is -2.30. The minimum atomic E-state index is -0.0887. The first-order valence-corrected chi connectivity index (χ1v) is 17.3. The van der Waals surface area contributed by atoms with Crippen molar-refractivity contribution in [3.8, 4) is 0 Å². The van der Waals surface area contributed by atoms with Gasteiger partial charge in [0.05, 0.1) is 6.42 Å². The normalized spacial score (nSPS) is 18.6. The second kappa shape index (κ2) is 17.9. The van der Waals surface area contributed by atoms with Crippen molar-refractivity contribution in [3.63, 3.8) is 0 Å². The van der Waals surface area contributed by atoms with Crippen LogP contribution in [0.25, 0.3) is 0 Å². The summed E-state index contributed by atoms with van der Waals surface area (Å²) < 4.78 is 0. The Kier molecular flexibility index (Phi) is 15.4.